The SMILES string of the molecule is Cc1cc(O)c(C(C)C)cc1S(=O)(=O)O.[Na]. The molecule has 0 aliphatic heterocycles. The molecule has 85 valence electrons. The first-order valence-corrected chi connectivity index (χ1v) is 5.98. The van der Waals surface area contributed by atoms with Crippen molar-refractivity contribution in [1.82, 2.24) is 0 Å². The van der Waals surface area contributed by atoms with Gasteiger partial charge in [0.25, 0.3) is 10.1 Å². The summed E-state index contributed by atoms with van der Waals surface area (Å²) in [7, 11) is -4.22. The summed E-state index contributed by atoms with van der Waals surface area (Å²) in [6, 6.07) is 2.66. The molecule has 0 spiro atoms. The second-order valence-electron chi connectivity index (χ2n) is 3.81. The molecule has 1 rings (SSSR count). The molecule has 0 aliphatic rings. The van der Waals surface area contributed by atoms with Crippen molar-refractivity contribution in [1.29, 1.82) is 0 Å². The molecule has 0 unspecified atom stereocenters. The monoisotopic (exact) mass is 253 g/mol. The molecule has 0 aliphatic carbocycles. The number of phenols is 1. The Morgan fingerprint density at radius 2 is 1.75 bits per heavy atom. The molecule has 0 aromatic heterocycles. The van der Waals surface area contributed by atoms with Crippen molar-refractivity contribution in [3.05, 3.63) is 23.3 Å². The molecule has 0 amide bonds. The minimum Gasteiger partial charge on any atom is -0.508 e. The third-order valence-electron chi connectivity index (χ3n) is 2.22. The van der Waals surface area contributed by atoms with Crippen LogP contribution in [-0.4, -0.2) is 47.6 Å². The molecular weight excluding hydrogens is 239 g/mol. The molecule has 1 radical (unpaired) electrons. The summed E-state index contributed by atoms with van der Waals surface area (Å²) in [5.74, 6) is 0.0426. The van der Waals surface area contributed by atoms with Gasteiger partial charge in [-0.3, -0.25) is 4.55 Å². The van der Waals surface area contributed by atoms with Crippen molar-refractivity contribution in [3.63, 3.8) is 0 Å². The van der Waals surface area contributed by atoms with Crippen LogP contribution >= 0.6 is 0 Å². The molecular formula is C10H14NaO4S. The van der Waals surface area contributed by atoms with E-state index in [4.69, 9.17) is 4.55 Å². The van der Waals surface area contributed by atoms with E-state index < -0.39 is 10.1 Å². The first-order chi connectivity index (χ1) is 6.73. The Bertz CT molecular complexity index is 480. The molecule has 0 saturated heterocycles. The topological polar surface area (TPSA) is 74.6 Å². The van der Waals surface area contributed by atoms with Crippen LogP contribution in [0.2, 0.25) is 0 Å². The smallest absolute Gasteiger partial charge is 0.294 e. The number of hydrogen-bond donors (Lipinski definition) is 2. The van der Waals surface area contributed by atoms with Crippen LogP contribution < -0.4 is 0 Å². The van der Waals surface area contributed by atoms with Gasteiger partial charge in [-0.25, -0.2) is 0 Å². The molecule has 0 atom stereocenters. The number of rotatable bonds is 2. The van der Waals surface area contributed by atoms with Gasteiger partial charge in [0, 0.05) is 29.6 Å². The van der Waals surface area contributed by atoms with Crippen LogP contribution in [0.4, 0.5) is 0 Å². The van der Waals surface area contributed by atoms with Crippen LogP contribution in [0.5, 0.6) is 5.75 Å². The summed E-state index contributed by atoms with van der Waals surface area (Å²) in [6.45, 7) is 5.18. The quantitative estimate of drug-likeness (QED) is 0.621. The molecule has 16 heavy (non-hydrogen) atoms. The molecule has 1 aromatic carbocycles. The summed E-state index contributed by atoms with van der Waals surface area (Å²) in [5, 5.41) is 9.58. The number of benzene rings is 1. The van der Waals surface area contributed by atoms with Crippen molar-refractivity contribution in [2.24, 2.45) is 0 Å². The Morgan fingerprint density at radius 1 is 1.25 bits per heavy atom. The number of aromatic hydroxyl groups is 1. The largest absolute Gasteiger partial charge is 0.508 e. The minimum absolute atomic E-state index is 0. The zero-order valence-corrected chi connectivity index (χ0v) is 12.7. The van der Waals surface area contributed by atoms with Crippen molar-refractivity contribution < 1.29 is 18.1 Å². The van der Waals surface area contributed by atoms with E-state index in [1.54, 1.807) is 0 Å². The molecule has 0 bridgehead atoms. The van der Waals surface area contributed by atoms with Gasteiger partial charge in [-0.1, -0.05) is 13.8 Å². The zero-order chi connectivity index (χ0) is 11.8. The van der Waals surface area contributed by atoms with E-state index in [2.05, 4.69) is 0 Å². The Morgan fingerprint density at radius 3 is 2.12 bits per heavy atom. The van der Waals surface area contributed by atoms with Gasteiger partial charge >= 0.3 is 0 Å². The van der Waals surface area contributed by atoms with Crippen LogP contribution in [0, 0.1) is 6.92 Å². The average molecular weight is 253 g/mol. The van der Waals surface area contributed by atoms with E-state index in [1.807, 2.05) is 13.8 Å². The summed E-state index contributed by atoms with van der Waals surface area (Å²) in [4.78, 5) is -0.149. The number of phenolic OH excluding ortho intramolecular Hbond substituents is 1. The summed E-state index contributed by atoms with van der Waals surface area (Å²) >= 11 is 0. The summed E-state index contributed by atoms with van der Waals surface area (Å²) in [5.41, 5.74) is 0.840. The van der Waals surface area contributed by atoms with Crippen LogP contribution in [0.3, 0.4) is 0 Å². The standard InChI is InChI=1S/C10H14O4S.Na/c1-6(2)8-5-10(15(12,13)14)7(3)4-9(8)11;/h4-6,11H,1-3H3,(H,12,13,14);. The van der Waals surface area contributed by atoms with Gasteiger partial charge in [0.2, 0.25) is 0 Å². The second-order valence-corrected chi connectivity index (χ2v) is 5.20. The Kier molecular flexibility index (Phi) is 5.49. The van der Waals surface area contributed by atoms with Crippen molar-refractivity contribution in [2.45, 2.75) is 31.6 Å². The minimum atomic E-state index is -4.22. The van der Waals surface area contributed by atoms with E-state index in [0.29, 0.717) is 11.1 Å². The third-order valence-corrected chi connectivity index (χ3v) is 3.22. The van der Waals surface area contributed by atoms with Crippen LogP contribution in [0.25, 0.3) is 0 Å². The van der Waals surface area contributed by atoms with Gasteiger partial charge in [-0.05, 0) is 36.1 Å². The second kappa shape index (κ2) is 5.51. The van der Waals surface area contributed by atoms with Crippen LogP contribution in [-0.2, 0) is 10.1 Å². The molecule has 2 N–H and O–H groups in total. The van der Waals surface area contributed by atoms with Gasteiger partial charge < -0.3 is 5.11 Å². The van der Waals surface area contributed by atoms with E-state index in [9.17, 15) is 13.5 Å². The van der Waals surface area contributed by atoms with Gasteiger partial charge in [-0.15, -0.1) is 0 Å². The summed E-state index contributed by atoms with van der Waals surface area (Å²) < 4.78 is 31.0. The van der Waals surface area contributed by atoms with Gasteiger partial charge in [0.1, 0.15) is 5.75 Å². The predicted molar refractivity (Wildman–Crippen MR) is 62.5 cm³/mol. The molecule has 6 heteroatoms. The van der Waals surface area contributed by atoms with Gasteiger partial charge in [-0.2, -0.15) is 8.42 Å². The molecule has 0 fully saturated rings. The first-order valence-electron chi connectivity index (χ1n) is 4.54. The fourth-order valence-electron chi connectivity index (χ4n) is 1.43. The van der Waals surface area contributed by atoms with E-state index in [0.717, 1.165) is 0 Å². The van der Waals surface area contributed by atoms with Crippen molar-refractivity contribution >= 4 is 39.7 Å². The van der Waals surface area contributed by atoms with Gasteiger partial charge in [0.15, 0.2) is 0 Å². The predicted octanol–water partition coefficient (Wildman–Crippen LogP) is 1.69. The summed E-state index contributed by atoms with van der Waals surface area (Å²) in [6.07, 6.45) is 0. The normalized spacial score (nSPS) is 11.3. The Balaban J connectivity index is 0.00000225. The third kappa shape index (κ3) is 3.46. The van der Waals surface area contributed by atoms with E-state index >= 15 is 0 Å². The van der Waals surface area contributed by atoms with Crippen molar-refractivity contribution in [3.8, 4) is 5.75 Å². The Hall–Kier alpha value is -0.0700. The molecule has 0 heterocycles. The van der Waals surface area contributed by atoms with Crippen LogP contribution in [0.1, 0.15) is 30.9 Å². The Labute approximate surface area is 118 Å². The van der Waals surface area contributed by atoms with E-state index in [-0.39, 0.29) is 46.1 Å². The average Bonchev–Trinajstić information content (AvgIpc) is 2.00. The van der Waals surface area contributed by atoms with Gasteiger partial charge in [0.05, 0.1) is 4.90 Å². The maximum absolute atomic E-state index is 11.0. The maximum Gasteiger partial charge on any atom is 0.294 e. The maximum atomic E-state index is 11.0. The fraction of sp³-hybridized carbons (Fsp3) is 0.400. The fourth-order valence-corrected chi connectivity index (χ4v) is 2.17. The van der Waals surface area contributed by atoms with Crippen LogP contribution in [0.15, 0.2) is 17.0 Å². The zero-order valence-electron chi connectivity index (χ0n) is 9.85. The first kappa shape index (κ1) is 15.9. The molecule has 0 saturated carbocycles. The van der Waals surface area contributed by atoms with E-state index in [1.165, 1.54) is 19.1 Å². The van der Waals surface area contributed by atoms with Crippen molar-refractivity contribution in [2.75, 3.05) is 0 Å². The number of hydrogen-bond acceptors (Lipinski definition) is 3. The molecule has 4 nitrogen and oxygen atoms in total. The molecule has 1 aromatic rings. The number of aryl methyl sites for hydroxylation is 1.